The van der Waals surface area contributed by atoms with Gasteiger partial charge < -0.3 is 15.5 Å². The summed E-state index contributed by atoms with van der Waals surface area (Å²) in [5, 5.41) is 6.98. The first-order valence-corrected chi connectivity index (χ1v) is 13.1. The molecule has 0 atom stereocenters. The Morgan fingerprint density at radius 2 is 1.85 bits per heavy atom. The number of rotatable bonds is 6. The smallest absolute Gasteiger partial charge is 0.253 e. The highest BCUT2D eigenvalue weighted by Crippen LogP contribution is 2.34. The summed E-state index contributed by atoms with van der Waals surface area (Å²) in [4.78, 5) is 28.7. The zero-order chi connectivity index (χ0) is 26.9. The van der Waals surface area contributed by atoms with Gasteiger partial charge in [-0.05, 0) is 49.0 Å². The number of likely N-dealkylation sites (N-methyl/N-ethyl adjacent to an activating group) is 1. The Kier molecular flexibility index (Phi) is 6.81. The number of fused-ring (bicyclic) bond motifs is 3. The number of carbonyl (C=O) groups excluding carboxylic acids is 1. The van der Waals surface area contributed by atoms with E-state index in [4.69, 9.17) is 21.6 Å². The monoisotopic (exact) mass is 540 g/mol. The number of carbonyl (C=O) groups is 1. The molecule has 9 heteroatoms. The van der Waals surface area contributed by atoms with Gasteiger partial charge in [-0.3, -0.25) is 9.79 Å². The lowest BCUT2D eigenvalue weighted by Crippen LogP contribution is -2.58. The number of aromatic nitrogens is 2. The summed E-state index contributed by atoms with van der Waals surface area (Å²) >= 11 is 6.40. The van der Waals surface area contributed by atoms with Gasteiger partial charge in [-0.1, -0.05) is 41.9 Å². The molecule has 6 rings (SSSR count). The summed E-state index contributed by atoms with van der Waals surface area (Å²) in [5.74, 6) is 0.440. The van der Waals surface area contributed by atoms with Gasteiger partial charge >= 0.3 is 0 Å². The van der Waals surface area contributed by atoms with E-state index in [9.17, 15) is 9.18 Å². The fourth-order valence-corrected chi connectivity index (χ4v) is 5.09. The van der Waals surface area contributed by atoms with Crippen LogP contribution < -0.4 is 10.6 Å². The van der Waals surface area contributed by atoms with Crippen LogP contribution in [-0.2, 0) is 13.2 Å². The lowest BCUT2D eigenvalue weighted by molar-refractivity contribution is 0.0577. The molecule has 7 nitrogen and oxygen atoms in total. The van der Waals surface area contributed by atoms with Gasteiger partial charge in [0.25, 0.3) is 5.91 Å². The number of halogens is 2. The van der Waals surface area contributed by atoms with Crippen molar-refractivity contribution in [2.75, 3.05) is 25.5 Å². The minimum absolute atomic E-state index is 0.0229. The van der Waals surface area contributed by atoms with E-state index >= 15 is 0 Å². The minimum Gasteiger partial charge on any atom is -0.335 e. The molecule has 1 fully saturated rings. The first-order chi connectivity index (χ1) is 19.0. The van der Waals surface area contributed by atoms with Gasteiger partial charge in [0.2, 0.25) is 5.95 Å². The summed E-state index contributed by atoms with van der Waals surface area (Å²) in [6.07, 6.45) is 1.76. The molecule has 4 aromatic rings. The van der Waals surface area contributed by atoms with Crippen molar-refractivity contribution in [2.45, 2.75) is 19.3 Å². The van der Waals surface area contributed by atoms with E-state index in [0.717, 1.165) is 46.7 Å². The molecule has 1 amide bonds. The Morgan fingerprint density at radius 3 is 2.62 bits per heavy atom. The number of alkyl halides is 1. The van der Waals surface area contributed by atoms with Crippen LogP contribution in [0.4, 0.5) is 16.0 Å². The van der Waals surface area contributed by atoms with Gasteiger partial charge in [-0.2, -0.15) is 0 Å². The molecular formula is C30H26ClFN6O. The van der Waals surface area contributed by atoms with Crippen molar-refractivity contribution in [1.82, 2.24) is 20.2 Å². The van der Waals surface area contributed by atoms with Crippen molar-refractivity contribution >= 4 is 34.9 Å². The van der Waals surface area contributed by atoms with Crippen molar-refractivity contribution in [2.24, 2.45) is 4.99 Å². The van der Waals surface area contributed by atoms with Crippen molar-refractivity contribution in [1.29, 1.82) is 0 Å². The van der Waals surface area contributed by atoms with Gasteiger partial charge in [0.15, 0.2) is 0 Å². The average Bonchev–Trinajstić information content (AvgIpc) is 3.09. The molecule has 2 N–H and O–H groups in total. The standard InChI is InChI=1S/C30H26ClFN6O/c1-33-23-16-38(17-23)29(39)18-6-9-22(10-7-18)36-30-35-15-20-14-34-28(24-5-3-2-4-19(24)13-32)26-12-21(31)8-11-25(26)27(20)37-30/h2-12,15,23,33H,13-14,16-17H2,1H3,(H,35,36,37). The Hall–Kier alpha value is -4.14. The quantitative estimate of drug-likeness (QED) is 0.342. The largest absolute Gasteiger partial charge is 0.335 e. The summed E-state index contributed by atoms with van der Waals surface area (Å²) in [6, 6.07) is 20.6. The summed E-state index contributed by atoms with van der Waals surface area (Å²) in [7, 11) is 1.91. The van der Waals surface area contributed by atoms with Crippen LogP contribution in [-0.4, -0.2) is 52.7 Å². The van der Waals surface area contributed by atoms with E-state index in [2.05, 4.69) is 15.6 Å². The van der Waals surface area contributed by atoms with Crippen LogP contribution in [0.3, 0.4) is 0 Å². The van der Waals surface area contributed by atoms with Gasteiger partial charge in [0.1, 0.15) is 6.67 Å². The number of nitrogens with zero attached hydrogens (tertiary/aromatic N) is 4. The Bertz CT molecular complexity index is 1580. The molecular weight excluding hydrogens is 515 g/mol. The summed E-state index contributed by atoms with van der Waals surface area (Å²) < 4.78 is 13.8. The molecule has 0 radical (unpaired) electrons. The zero-order valence-corrected chi connectivity index (χ0v) is 22.0. The molecule has 196 valence electrons. The average molecular weight is 541 g/mol. The van der Waals surface area contributed by atoms with Crippen LogP contribution in [0.15, 0.2) is 77.9 Å². The molecule has 39 heavy (non-hydrogen) atoms. The van der Waals surface area contributed by atoms with Gasteiger partial charge in [0, 0.05) is 63.9 Å². The molecule has 2 aliphatic heterocycles. The van der Waals surface area contributed by atoms with Crippen molar-refractivity contribution < 1.29 is 9.18 Å². The van der Waals surface area contributed by atoms with Crippen molar-refractivity contribution in [3.63, 3.8) is 0 Å². The summed E-state index contributed by atoms with van der Waals surface area (Å²) in [5.41, 5.74) is 6.62. The topological polar surface area (TPSA) is 82.5 Å². The predicted molar refractivity (Wildman–Crippen MR) is 152 cm³/mol. The highest BCUT2D eigenvalue weighted by atomic mass is 35.5. The van der Waals surface area contributed by atoms with E-state index < -0.39 is 6.67 Å². The molecule has 0 saturated carbocycles. The first kappa shape index (κ1) is 25.2. The van der Waals surface area contributed by atoms with Gasteiger partial charge in [-0.15, -0.1) is 0 Å². The van der Waals surface area contributed by atoms with Gasteiger partial charge in [0.05, 0.1) is 18.0 Å². The van der Waals surface area contributed by atoms with Crippen molar-refractivity contribution in [3.8, 4) is 11.3 Å². The zero-order valence-electron chi connectivity index (χ0n) is 21.3. The van der Waals surface area contributed by atoms with E-state index in [1.807, 2.05) is 60.5 Å². The Balaban J connectivity index is 1.29. The number of amides is 1. The van der Waals surface area contributed by atoms with Crippen molar-refractivity contribution in [3.05, 3.63) is 106 Å². The number of likely N-dealkylation sites (tertiary alicyclic amines) is 1. The number of benzene rings is 3. The molecule has 0 aliphatic carbocycles. The maximum atomic E-state index is 13.8. The van der Waals surface area contributed by atoms with Crippen LogP contribution in [0, 0.1) is 0 Å². The van der Waals surface area contributed by atoms with Crippen LogP contribution in [0.2, 0.25) is 5.02 Å². The fraction of sp³-hybridized carbons (Fsp3) is 0.200. The molecule has 1 saturated heterocycles. The number of nitrogens with one attached hydrogen (secondary N) is 2. The van der Waals surface area contributed by atoms with E-state index in [0.29, 0.717) is 40.4 Å². The molecule has 3 aromatic carbocycles. The minimum atomic E-state index is -0.592. The maximum absolute atomic E-state index is 13.8. The fourth-order valence-electron chi connectivity index (χ4n) is 4.92. The SMILES string of the molecule is CNC1CN(C(=O)c2ccc(Nc3ncc4c(n3)-c3ccc(Cl)cc3C(c3ccccc3CF)=NC4)cc2)C1. The van der Waals surface area contributed by atoms with Crippen LogP contribution >= 0.6 is 11.6 Å². The second-order valence-electron chi connectivity index (χ2n) is 9.61. The number of hydrogen-bond acceptors (Lipinski definition) is 6. The van der Waals surface area contributed by atoms with E-state index in [1.165, 1.54) is 0 Å². The maximum Gasteiger partial charge on any atom is 0.253 e. The predicted octanol–water partition coefficient (Wildman–Crippen LogP) is 5.40. The second kappa shape index (κ2) is 10.6. The van der Waals surface area contributed by atoms with Crippen LogP contribution in [0.1, 0.15) is 32.6 Å². The number of hydrogen-bond donors (Lipinski definition) is 2. The molecule has 0 bridgehead atoms. The molecule has 0 unspecified atom stereocenters. The number of aliphatic imine (C=N–C) groups is 1. The van der Waals surface area contributed by atoms with Crippen LogP contribution in [0.5, 0.6) is 0 Å². The van der Waals surface area contributed by atoms with E-state index in [-0.39, 0.29) is 5.91 Å². The van der Waals surface area contributed by atoms with E-state index in [1.54, 1.807) is 24.4 Å². The van der Waals surface area contributed by atoms with Crippen LogP contribution in [0.25, 0.3) is 11.3 Å². The highest BCUT2D eigenvalue weighted by Gasteiger charge is 2.30. The summed E-state index contributed by atoms with van der Waals surface area (Å²) in [6.45, 7) is 1.19. The van der Waals surface area contributed by atoms with Gasteiger partial charge in [-0.25, -0.2) is 14.4 Å². The Morgan fingerprint density at radius 1 is 1.05 bits per heavy atom. The normalized spacial score (nSPS) is 14.5. The highest BCUT2D eigenvalue weighted by molar-refractivity contribution is 6.31. The third kappa shape index (κ3) is 4.89. The molecule has 1 aromatic heterocycles. The molecule has 2 aliphatic rings. The molecule has 0 spiro atoms. The number of anilines is 2. The first-order valence-electron chi connectivity index (χ1n) is 12.7. The lowest BCUT2D eigenvalue weighted by Gasteiger charge is -2.39. The molecule has 3 heterocycles. The lowest BCUT2D eigenvalue weighted by atomic mass is 9.93. The third-order valence-corrected chi connectivity index (χ3v) is 7.38. The third-order valence-electron chi connectivity index (χ3n) is 7.15. The second-order valence-corrected chi connectivity index (χ2v) is 10.0. The Labute approximate surface area is 230 Å².